The van der Waals surface area contributed by atoms with Crippen LogP contribution in [0, 0.1) is 0 Å². The average molecular weight is 333 g/mol. The van der Waals surface area contributed by atoms with E-state index in [1.807, 2.05) is 30.3 Å². The number of aromatic amines is 1. The van der Waals surface area contributed by atoms with Gasteiger partial charge in [-0.1, -0.05) is 18.2 Å². The average Bonchev–Trinajstić information content (AvgIpc) is 2.94. The normalized spacial score (nSPS) is 13.4. The van der Waals surface area contributed by atoms with Crippen molar-refractivity contribution in [3.05, 3.63) is 36.0 Å². The van der Waals surface area contributed by atoms with Gasteiger partial charge >= 0.3 is 11.9 Å². The highest BCUT2D eigenvalue weighted by Crippen LogP contribution is 2.16. The Kier molecular flexibility index (Phi) is 5.54. The number of aromatic nitrogens is 1. The van der Waals surface area contributed by atoms with Gasteiger partial charge in [-0.2, -0.15) is 0 Å². The Labute approximate surface area is 137 Å². The van der Waals surface area contributed by atoms with E-state index in [1.54, 1.807) is 0 Å². The SMILES string of the molecule is NC(CCC(=O)NC(Cc1cc2ccccc2[nH]1)C(=O)O)C(=O)O. The van der Waals surface area contributed by atoms with Crippen molar-refractivity contribution in [2.75, 3.05) is 0 Å². The lowest BCUT2D eigenvalue weighted by molar-refractivity contribution is -0.142. The molecular weight excluding hydrogens is 314 g/mol. The van der Waals surface area contributed by atoms with Crippen molar-refractivity contribution in [1.82, 2.24) is 10.3 Å². The number of rotatable bonds is 8. The number of carbonyl (C=O) groups is 3. The highest BCUT2D eigenvalue weighted by atomic mass is 16.4. The number of hydrogen-bond donors (Lipinski definition) is 5. The molecule has 1 amide bonds. The van der Waals surface area contributed by atoms with Crippen molar-refractivity contribution >= 4 is 28.7 Å². The minimum Gasteiger partial charge on any atom is -0.480 e. The second-order valence-electron chi connectivity index (χ2n) is 5.53. The van der Waals surface area contributed by atoms with Gasteiger partial charge in [-0.3, -0.25) is 9.59 Å². The molecule has 1 aromatic heterocycles. The minimum absolute atomic E-state index is 0.0557. The van der Waals surface area contributed by atoms with E-state index in [1.165, 1.54) is 0 Å². The number of para-hydroxylation sites is 1. The predicted molar refractivity (Wildman–Crippen MR) is 86.4 cm³/mol. The van der Waals surface area contributed by atoms with Crippen LogP contribution in [-0.2, 0) is 20.8 Å². The highest BCUT2D eigenvalue weighted by molar-refractivity contribution is 5.85. The Balaban J connectivity index is 1.97. The van der Waals surface area contributed by atoms with Gasteiger partial charge in [0, 0.05) is 24.1 Å². The molecular formula is C16H19N3O5. The van der Waals surface area contributed by atoms with Crippen molar-refractivity contribution in [3.8, 4) is 0 Å². The number of carbonyl (C=O) groups excluding carboxylic acids is 1. The summed E-state index contributed by atoms with van der Waals surface area (Å²) in [5, 5.41) is 21.3. The van der Waals surface area contributed by atoms with Crippen LogP contribution < -0.4 is 11.1 Å². The fourth-order valence-electron chi connectivity index (χ4n) is 2.34. The number of carboxylic acid groups (broad SMARTS) is 2. The van der Waals surface area contributed by atoms with E-state index in [-0.39, 0.29) is 19.3 Å². The lowest BCUT2D eigenvalue weighted by Gasteiger charge is -2.14. The summed E-state index contributed by atoms with van der Waals surface area (Å²) in [6.45, 7) is 0. The van der Waals surface area contributed by atoms with Crippen LogP contribution in [0.25, 0.3) is 10.9 Å². The number of H-pyrrole nitrogens is 1. The van der Waals surface area contributed by atoms with Crippen LogP contribution in [0.1, 0.15) is 18.5 Å². The second kappa shape index (κ2) is 7.60. The molecule has 0 aliphatic heterocycles. The molecule has 1 heterocycles. The van der Waals surface area contributed by atoms with Crippen LogP contribution in [0.4, 0.5) is 0 Å². The molecule has 2 atom stereocenters. The standard InChI is InChI=1S/C16H19N3O5/c17-11(15(21)22)5-6-14(20)19-13(16(23)24)8-10-7-9-3-1-2-4-12(9)18-10/h1-4,7,11,13,18H,5-6,8,17H2,(H,19,20)(H,21,22)(H,23,24). The first-order chi connectivity index (χ1) is 11.4. The molecule has 6 N–H and O–H groups in total. The van der Waals surface area contributed by atoms with E-state index < -0.39 is 29.9 Å². The number of carboxylic acids is 2. The molecule has 8 nitrogen and oxygen atoms in total. The van der Waals surface area contributed by atoms with Gasteiger partial charge in [0.2, 0.25) is 5.91 Å². The number of nitrogens with one attached hydrogen (secondary N) is 2. The van der Waals surface area contributed by atoms with Crippen LogP contribution in [0.5, 0.6) is 0 Å². The van der Waals surface area contributed by atoms with Gasteiger partial charge in [0.25, 0.3) is 0 Å². The number of nitrogens with two attached hydrogens (primary N) is 1. The van der Waals surface area contributed by atoms with Crippen LogP contribution in [0.3, 0.4) is 0 Å². The fraction of sp³-hybridized carbons (Fsp3) is 0.312. The first-order valence-corrected chi connectivity index (χ1v) is 7.44. The summed E-state index contributed by atoms with van der Waals surface area (Å²) >= 11 is 0. The van der Waals surface area contributed by atoms with Crippen molar-refractivity contribution < 1.29 is 24.6 Å². The van der Waals surface area contributed by atoms with Crippen LogP contribution in [-0.4, -0.2) is 45.1 Å². The van der Waals surface area contributed by atoms with Crippen molar-refractivity contribution in [2.24, 2.45) is 5.73 Å². The molecule has 0 aliphatic carbocycles. The van der Waals surface area contributed by atoms with Gasteiger partial charge in [0.1, 0.15) is 12.1 Å². The monoisotopic (exact) mass is 333 g/mol. The molecule has 2 rings (SSSR count). The summed E-state index contributed by atoms with van der Waals surface area (Å²) in [5.41, 5.74) is 6.89. The topological polar surface area (TPSA) is 146 Å². The van der Waals surface area contributed by atoms with Crippen molar-refractivity contribution in [3.63, 3.8) is 0 Å². The molecule has 0 saturated heterocycles. The number of fused-ring (bicyclic) bond motifs is 1. The van der Waals surface area contributed by atoms with E-state index in [4.69, 9.17) is 10.8 Å². The van der Waals surface area contributed by atoms with Crippen molar-refractivity contribution in [1.29, 1.82) is 0 Å². The zero-order valence-corrected chi connectivity index (χ0v) is 12.9. The third-order valence-electron chi connectivity index (χ3n) is 3.64. The largest absolute Gasteiger partial charge is 0.480 e. The molecule has 0 saturated carbocycles. The molecule has 2 aromatic rings. The summed E-state index contributed by atoms with van der Waals surface area (Å²) in [6.07, 6.45) is -0.107. The summed E-state index contributed by atoms with van der Waals surface area (Å²) in [6, 6.07) is 7.10. The maximum Gasteiger partial charge on any atom is 0.326 e. The Morgan fingerprint density at radius 2 is 1.88 bits per heavy atom. The first-order valence-electron chi connectivity index (χ1n) is 7.44. The summed E-state index contributed by atoms with van der Waals surface area (Å²) in [7, 11) is 0. The highest BCUT2D eigenvalue weighted by Gasteiger charge is 2.22. The van der Waals surface area contributed by atoms with E-state index in [0.717, 1.165) is 10.9 Å². The molecule has 0 spiro atoms. The number of aliphatic carboxylic acids is 2. The summed E-state index contributed by atoms with van der Waals surface area (Å²) in [5.74, 6) is -2.91. The number of hydrogen-bond acceptors (Lipinski definition) is 4. The molecule has 24 heavy (non-hydrogen) atoms. The smallest absolute Gasteiger partial charge is 0.326 e. The lowest BCUT2D eigenvalue weighted by Crippen LogP contribution is -2.43. The van der Waals surface area contributed by atoms with Gasteiger partial charge in [-0.05, 0) is 23.9 Å². The Bertz CT molecular complexity index is 722. The Morgan fingerprint density at radius 3 is 2.50 bits per heavy atom. The predicted octanol–water partition coefficient (Wildman–Crippen LogP) is 0.472. The van der Waals surface area contributed by atoms with Crippen LogP contribution in [0.2, 0.25) is 0 Å². The molecule has 0 fully saturated rings. The van der Waals surface area contributed by atoms with E-state index in [9.17, 15) is 19.5 Å². The third-order valence-corrected chi connectivity index (χ3v) is 3.64. The maximum atomic E-state index is 11.8. The lowest BCUT2D eigenvalue weighted by atomic mass is 10.1. The molecule has 8 heteroatoms. The Morgan fingerprint density at radius 1 is 1.17 bits per heavy atom. The third kappa shape index (κ3) is 4.56. The zero-order chi connectivity index (χ0) is 17.7. The second-order valence-corrected chi connectivity index (χ2v) is 5.53. The quantitative estimate of drug-likeness (QED) is 0.475. The van der Waals surface area contributed by atoms with Gasteiger partial charge in [-0.25, -0.2) is 4.79 Å². The first kappa shape index (κ1) is 17.5. The van der Waals surface area contributed by atoms with Crippen molar-refractivity contribution in [2.45, 2.75) is 31.3 Å². The molecule has 0 bridgehead atoms. The Hall–Kier alpha value is -2.87. The van der Waals surface area contributed by atoms with Gasteiger partial charge < -0.3 is 26.2 Å². The van der Waals surface area contributed by atoms with Gasteiger partial charge in [0.15, 0.2) is 0 Å². The van der Waals surface area contributed by atoms with Gasteiger partial charge in [0.05, 0.1) is 0 Å². The fourth-order valence-corrected chi connectivity index (χ4v) is 2.34. The summed E-state index contributed by atoms with van der Waals surface area (Å²) in [4.78, 5) is 36.9. The molecule has 128 valence electrons. The van der Waals surface area contributed by atoms with E-state index >= 15 is 0 Å². The van der Waals surface area contributed by atoms with E-state index in [0.29, 0.717) is 5.69 Å². The zero-order valence-electron chi connectivity index (χ0n) is 12.9. The molecule has 0 radical (unpaired) electrons. The maximum absolute atomic E-state index is 11.8. The minimum atomic E-state index is -1.20. The number of benzene rings is 1. The molecule has 2 unspecified atom stereocenters. The molecule has 0 aliphatic rings. The molecule has 1 aromatic carbocycles. The van der Waals surface area contributed by atoms with Gasteiger partial charge in [-0.15, -0.1) is 0 Å². The number of amides is 1. The van der Waals surface area contributed by atoms with Crippen LogP contribution in [0.15, 0.2) is 30.3 Å². The van der Waals surface area contributed by atoms with E-state index in [2.05, 4.69) is 10.3 Å². The summed E-state index contributed by atoms with van der Waals surface area (Å²) < 4.78 is 0. The van der Waals surface area contributed by atoms with Crippen LogP contribution >= 0.6 is 0 Å².